The number of aromatic nitrogens is 4. The van der Waals surface area contributed by atoms with Crippen molar-refractivity contribution in [1.29, 1.82) is 0 Å². The monoisotopic (exact) mass is 636 g/mol. The molecule has 2 heterocycles. The molecule has 9 nitrogen and oxygen atoms in total. The van der Waals surface area contributed by atoms with Crippen molar-refractivity contribution >= 4 is 58.3 Å². The van der Waals surface area contributed by atoms with Gasteiger partial charge in [-0.2, -0.15) is 9.97 Å². The highest BCUT2D eigenvalue weighted by Crippen LogP contribution is 2.24. The van der Waals surface area contributed by atoms with Crippen LogP contribution in [0.5, 0.6) is 0 Å². The van der Waals surface area contributed by atoms with E-state index in [0.29, 0.717) is 29.0 Å². The lowest BCUT2D eigenvalue weighted by Crippen LogP contribution is -2.08. The first kappa shape index (κ1) is 31.8. The average Bonchev–Trinajstić information content (AvgIpc) is 2.99. The number of hydrogen-bond acceptors (Lipinski definition) is 9. The number of aliphatic hydroxyl groups is 1. The first-order valence-corrected chi connectivity index (χ1v) is 14.5. The van der Waals surface area contributed by atoms with Crippen molar-refractivity contribution in [3.8, 4) is 11.3 Å². The molecular weight excluding hydrogens is 607 g/mol. The quantitative estimate of drug-likeness (QED) is 0.108. The molecule has 7 N–H and O–H groups in total. The molecule has 43 heavy (non-hydrogen) atoms. The van der Waals surface area contributed by atoms with Crippen molar-refractivity contribution in [3.05, 3.63) is 117 Å². The Morgan fingerprint density at radius 3 is 1.67 bits per heavy atom. The number of rotatable bonds is 10. The van der Waals surface area contributed by atoms with Crippen LogP contribution in [0.2, 0.25) is 15.2 Å². The minimum atomic E-state index is -0.0561. The SMILES string of the molecule is Nc1nc(Cl)cc(NCCc2ccc(Cl)cc2)n1.Nc1nc(NCCc2ccc(Cl)cc2)cc(-c2ccccc2CO)n1. The van der Waals surface area contributed by atoms with Crippen LogP contribution in [0.15, 0.2) is 84.9 Å². The summed E-state index contributed by atoms with van der Waals surface area (Å²) in [6.07, 6.45) is 1.70. The van der Waals surface area contributed by atoms with Crippen LogP contribution in [0.4, 0.5) is 23.5 Å². The fraction of sp³-hybridized carbons (Fsp3) is 0.161. The first-order valence-electron chi connectivity index (χ1n) is 13.4. The van der Waals surface area contributed by atoms with E-state index in [1.165, 1.54) is 11.1 Å². The summed E-state index contributed by atoms with van der Waals surface area (Å²) in [5.41, 5.74) is 16.1. The summed E-state index contributed by atoms with van der Waals surface area (Å²) in [5, 5.41) is 17.7. The van der Waals surface area contributed by atoms with Gasteiger partial charge in [0.25, 0.3) is 0 Å². The number of nitrogens with zero attached hydrogens (tertiary/aromatic N) is 4. The number of hydrogen-bond donors (Lipinski definition) is 5. The molecule has 0 aliphatic carbocycles. The first-order chi connectivity index (χ1) is 20.8. The van der Waals surface area contributed by atoms with E-state index >= 15 is 0 Å². The van der Waals surface area contributed by atoms with Gasteiger partial charge in [-0.25, -0.2) is 9.97 Å². The molecule has 3 aromatic carbocycles. The van der Waals surface area contributed by atoms with Crippen molar-refractivity contribution < 1.29 is 5.11 Å². The van der Waals surface area contributed by atoms with E-state index in [9.17, 15) is 5.11 Å². The standard InChI is InChI=1S/C19H19ClN4O.C12H12Cl2N4/c20-15-7-5-13(6-8-15)9-10-22-18-11-17(23-19(21)24-18)16-4-2-1-3-14(16)12-25;13-9-3-1-8(2-4-9)5-6-16-11-7-10(14)17-12(15)18-11/h1-8,11,25H,9-10,12H2,(H3,21,22,23,24);1-4,7H,5-6H2,(H3,15,16,17,18). The van der Waals surface area contributed by atoms with E-state index < -0.39 is 0 Å². The number of anilines is 4. The molecule has 0 radical (unpaired) electrons. The third-order valence-electron chi connectivity index (χ3n) is 6.19. The van der Waals surface area contributed by atoms with Crippen molar-refractivity contribution in [2.45, 2.75) is 19.4 Å². The molecule has 0 fully saturated rings. The van der Waals surface area contributed by atoms with E-state index in [1.807, 2.05) is 78.9 Å². The molecule has 12 heteroatoms. The van der Waals surface area contributed by atoms with E-state index in [-0.39, 0.29) is 18.5 Å². The van der Waals surface area contributed by atoms with Crippen LogP contribution in [0.1, 0.15) is 16.7 Å². The average molecular weight is 638 g/mol. The molecule has 0 aliphatic rings. The summed E-state index contributed by atoms with van der Waals surface area (Å²) in [4.78, 5) is 16.3. The Hall–Kier alpha value is -4.15. The Bertz CT molecular complexity index is 1600. The number of halogens is 3. The molecule has 0 unspecified atom stereocenters. The van der Waals surface area contributed by atoms with Gasteiger partial charge in [0, 0.05) is 40.8 Å². The summed E-state index contributed by atoms with van der Waals surface area (Å²) in [6, 6.07) is 26.5. The van der Waals surface area contributed by atoms with Crippen molar-refractivity contribution in [2.75, 3.05) is 35.2 Å². The van der Waals surface area contributed by atoms with Crippen LogP contribution >= 0.6 is 34.8 Å². The Morgan fingerprint density at radius 1 is 0.628 bits per heavy atom. The lowest BCUT2D eigenvalue weighted by Gasteiger charge is -2.11. The molecule has 5 rings (SSSR count). The zero-order valence-electron chi connectivity index (χ0n) is 23.1. The molecule has 2 aromatic heterocycles. The number of nitrogens with two attached hydrogens (primary N) is 2. The topological polar surface area (TPSA) is 148 Å². The molecule has 0 aliphatic heterocycles. The van der Waals surface area contributed by atoms with Gasteiger partial charge in [0.2, 0.25) is 11.9 Å². The second-order valence-electron chi connectivity index (χ2n) is 9.35. The van der Waals surface area contributed by atoms with E-state index in [0.717, 1.165) is 40.6 Å². The zero-order valence-corrected chi connectivity index (χ0v) is 25.4. The van der Waals surface area contributed by atoms with Crippen LogP contribution in [0, 0.1) is 0 Å². The van der Waals surface area contributed by atoms with Crippen molar-refractivity contribution in [3.63, 3.8) is 0 Å². The van der Waals surface area contributed by atoms with Crippen LogP contribution in [-0.2, 0) is 19.4 Å². The summed E-state index contributed by atoms with van der Waals surface area (Å²) < 4.78 is 0. The molecule has 5 aromatic rings. The summed E-state index contributed by atoms with van der Waals surface area (Å²) in [6.45, 7) is 1.38. The highest BCUT2D eigenvalue weighted by atomic mass is 35.5. The lowest BCUT2D eigenvalue weighted by molar-refractivity contribution is 0.282. The van der Waals surface area contributed by atoms with Gasteiger partial charge in [0.15, 0.2) is 0 Å². The maximum Gasteiger partial charge on any atom is 0.223 e. The molecule has 0 atom stereocenters. The normalized spacial score (nSPS) is 10.5. The maximum atomic E-state index is 9.51. The number of nitrogens with one attached hydrogen (secondary N) is 2. The molecular formula is C31H31Cl3N8O. The largest absolute Gasteiger partial charge is 0.392 e. The van der Waals surface area contributed by atoms with Gasteiger partial charge in [0.1, 0.15) is 16.8 Å². The predicted octanol–water partition coefficient (Wildman–Crippen LogP) is 6.55. The van der Waals surface area contributed by atoms with E-state index in [1.54, 1.807) is 6.07 Å². The minimum absolute atomic E-state index is 0.0561. The van der Waals surface area contributed by atoms with Gasteiger partial charge in [-0.3, -0.25) is 0 Å². The number of aliphatic hydroxyl groups excluding tert-OH is 1. The molecule has 0 bridgehead atoms. The van der Waals surface area contributed by atoms with E-state index in [2.05, 4.69) is 30.6 Å². The fourth-order valence-electron chi connectivity index (χ4n) is 4.10. The van der Waals surface area contributed by atoms with Crippen LogP contribution in [0.3, 0.4) is 0 Å². The van der Waals surface area contributed by atoms with Gasteiger partial charge in [0.05, 0.1) is 12.3 Å². The van der Waals surface area contributed by atoms with Crippen LogP contribution in [0.25, 0.3) is 11.3 Å². The minimum Gasteiger partial charge on any atom is -0.392 e. The van der Waals surface area contributed by atoms with Gasteiger partial charge in [-0.15, -0.1) is 0 Å². The number of nitrogen functional groups attached to an aromatic ring is 2. The van der Waals surface area contributed by atoms with Crippen molar-refractivity contribution in [1.82, 2.24) is 19.9 Å². The van der Waals surface area contributed by atoms with Gasteiger partial charge in [-0.1, -0.05) is 83.3 Å². The highest BCUT2D eigenvalue weighted by molar-refractivity contribution is 6.31. The molecule has 0 spiro atoms. The van der Waals surface area contributed by atoms with Gasteiger partial charge in [-0.05, 0) is 53.8 Å². The van der Waals surface area contributed by atoms with E-state index in [4.69, 9.17) is 46.3 Å². The Morgan fingerprint density at radius 2 is 1.14 bits per heavy atom. The van der Waals surface area contributed by atoms with Crippen LogP contribution in [-0.4, -0.2) is 38.1 Å². The second-order valence-corrected chi connectivity index (χ2v) is 10.6. The van der Waals surface area contributed by atoms with Gasteiger partial charge < -0.3 is 27.2 Å². The second kappa shape index (κ2) is 15.9. The Kier molecular flexibility index (Phi) is 11.8. The zero-order chi connectivity index (χ0) is 30.6. The third-order valence-corrected chi connectivity index (χ3v) is 6.88. The van der Waals surface area contributed by atoms with Crippen molar-refractivity contribution in [2.24, 2.45) is 0 Å². The van der Waals surface area contributed by atoms with Gasteiger partial charge >= 0.3 is 0 Å². The highest BCUT2D eigenvalue weighted by Gasteiger charge is 2.09. The fourth-order valence-corrected chi connectivity index (χ4v) is 4.54. The molecule has 0 amide bonds. The molecule has 0 saturated carbocycles. The summed E-state index contributed by atoms with van der Waals surface area (Å²) >= 11 is 17.5. The third kappa shape index (κ3) is 10.3. The molecule has 0 saturated heterocycles. The van der Waals surface area contributed by atoms with Crippen LogP contribution < -0.4 is 22.1 Å². The lowest BCUT2D eigenvalue weighted by atomic mass is 10.0. The number of benzene rings is 3. The maximum absolute atomic E-state index is 9.51. The summed E-state index contributed by atoms with van der Waals surface area (Å²) in [7, 11) is 0. The summed E-state index contributed by atoms with van der Waals surface area (Å²) in [5.74, 6) is 1.64. The smallest absolute Gasteiger partial charge is 0.223 e. The predicted molar refractivity (Wildman–Crippen MR) is 177 cm³/mol. The Labute approximate surface area is 265 Å². The molecule has 222 valence electrons. The Balaban J connectivity index is 0.000000208.